The molecule has 168 valence electrons. The summed E-state index contributed by atoms with van der Waals surface area (Å²) in [5.74, 6) is -1.05. The average Bonchev–Trinajstić information content (AvgIpc) is 3.42. The number of β-amino-alcohol motifs (C(OH)–C–C–N with tert-alkyl or cyclic N) is 1. The summed E-state index contributed by atoms with van der Waals surface area (Å²) in [7, 11) is 1.63. The number of aromatic nitrogens is 2. The van der Waals surface area contributed by atoms with E-state index in [1.165, 1.54) is 33.4 Å². The summed E-state index contributed by atoms with van der Waals surface area (Å²) in [6.45, 7) is 1.08. The highest BCUT2D eigenvalue weighted by molar-refractivity contribution is 6.30. The summed E-state index contributed by atoms with van der Waals surface area (Å²) in [6, 6.07) is 6.84. The molecule has 0 radical (unpaired) electrons. The molecule has 1 aliphatic carbocycles. The van der Waals surface area contributed by atoms with Crippen molar-refractivity contribution in [2.45, 2.75) is 31.1 Å². The summed E-state index contributed by atoms with van der Waals surface area (Å²) in [5, 5.41) is 10.3. The van der Waals surface area contributed by atoms with Gasteiger partial charge in [0.2, 0.25) is 0 Å². The normalized spacial score (nSPS) is 23.0. The first-order chi connectivity index (χ1) is 15.3. The summed E-state index contributed by atoms with van der Waals surface area (Å²) in [6.07, 6.45) is 3.05. The van der Waals surface area contributed by atoms with Crippen molar-refractivity contribution in [3.05, 3.63) is 81.0 Å². The van der Waals surface area contributed by atoms with Crippen LogP contribution in [0.1, 0.15) is 23.7 Å². The van der Waals surface area contributed by atoms with Crippen LogP contribution in [0.15, 0.2) is 47.5 Å². The fourth-order valence-electron chi connectivity index (χ4n) is 4.68. The summed E-state index contributed by atoms with van der Waals surface area (Å²) >= 11 is 6.12. The van der Waals surface area contributed by atoms with E-state index in [0.717, 1.165) is 0 Å². The summed E-state index contributed by atoms with van der Waals surface area (Å²) in [4.78, 5) is 14.4. The third-order valence-corrected chi connectivity index (χ3v) is 6.54. The number of ether oxygens (including phenoxy) is 1. The van der Waals surface area contributed by atoms with Crippen molar-refractivity contribution in [2.24, 2.45) is 7.05 Å². The monoisotopic (exact) mass is 461 g/mol. The maximum Gasteiger partial charge on any atom is 0.332 e. The molecule has 0 unspecified atom stereocenters. The third kappa shape index (κ3) is 3.62. The Morgan fingerprint density at radius 1 is 1.16 bits per heavy atom. The van der Waals surface area contributed by atoms with Gasteiger partial charge in [0.05, 0.1) is 17.8 Å². The van der Waals surface area contributed by atoms with Crippen LogP contribution >= 0.6 is 11.6 Å². The lowest BCUT2D eigenvalue weighted by Gasteiger charge is -2.30. The molecule has 1 aromatic heterocycles. The van der Waals surface area contributed by atoms with E-state index in [9.17, 15) is 18.7 Å². The second-order valence-electron chi connectivity index (χ2n) is 8.38. The van der Waals surface area contributed by atoms with Crippen molar-refractivity contribution in [1.29, 1.82) is 0 Å². The minimum absolute atomic E-state index is 0.0405. The second kappa shape index (κ2) is 8.03. The Labute approximate surface area is 188 Å². The predicted molar refractivity (Wildman–Crippen MR) is 115 cm³/mol. The number of imidazole rings is 1. The molecule has 32 heavy (non-hydrogen) atoms. The molecular weight excluding hydrogens is 440 g/mol. The summed E-state index contributed by atoms with van der Waals surface area (Å²) in [5.41, 5.74) is 1.24. The highest BCUT2D eigenvalue weighted by Crippen LogP contribution is 2.42. The lowest BCUT2D eigenvalue weighted by molar-refractivity contribution is 0.0790. The van der Waals surface area contributed by atoms with Crippen LogP contribution in [0, 0.1) is 11.6 Å². The van der Waals surface area contributed by atoms with E-state index in [1.807, 2.05) is 4.90 Å². The van der Waals surface area contributed by atoms with Crippen molar-refractivity contribution in [2.75, 3.05) is 13.1 Å². The average molecular weight is 462 g/mol. The zero-order chi connectivity index (χ0) is 22.6. The van der Waals surface area contributed by atoms with E-state index in [0.29, 0.717) is 42.7 Å². The molecule has 1 aliphatic heterocycles. The summed E-state index contributed by atoms with van der Waals surface area (Å²) < 4.78 is 38.4. The van der Waals surface area contributed by atoms with Crippen molar-refractivity contribution in [3.8, 4) is 11.4 Å². The number of likely N-dealkylation sites (tertiary alicyclic amines) is 1. The van der Waals surface area contributed by atoms with Crippen LogP contribution in [-0.2, 0) is 13.5 Å². The SMILES string of the molecule is Cn1ccn(-c2ccc(F)c(O[C@H]3c4cc(Cl)cc(F)c4C[C@H]3N3CC[C@@H](O)C3)c2)c1=O. The van der Waals surface area contributed by atoms with Gasteiger partial charge in [0.1, 0.15) is 11.9 Å². The molecule has 3 aromatic rings. The molecule has 1 fully saturated rings. The van der Waals surface area contributed by atoms with Gasteiger partial charge in [0, 0.05) is 49.2 Å². The highest BCUT2D eigenvalue weighted by atomic mass is 35.5. The molecule has 0 bridgehead atoms. The molecular formula is C23H22ClF2N3O3. The molecule has 3 atom stereocenters. The molecule has 0 saturated carbocycles. The van der Waals surface area contributed by atoms with Gasteiger partial charge in [-0.25, -0.2) is 13.6 Å². The second-order valence-corrected chi connectivity index (χ2v) is 8.82. The third-order valence-electron chi connectivity index (χ3n) is 6.32. The van der Waals surface area contributed by atoms with Crippen molar-refractivity contribution < 1.29 is 18.6 Å². The van der Waals surface area contributed by atoms with Gasteiger partial charge < -0.3 is 14.4 Å². The molecule has 1 N–H and O–H groups in total. The Hall–Kier alpha value is -2.68. The standard InChI is InChI=1S/C23H22ClF2N3O3/c1-27-6-7-29(23(27)31)14-2-3-18(25)21(10-14)32-22-17-8-13(24)9-19(26)16(17)11-20(22)28-5-4-15(30)12-28/h2-3,6-10,15,20,22,30H,4-5,11-12H2,1H3/t15-,20-,22+/m1/s1. The van der Waals surface area contributed by atoms with E-state index in [1.54, 1.807) is 25.5 Å². The fourth-order valence-corrected chi connectivity index (χ4v) is 4.89. The van der Waals surface area contributed by atoms with Crippen LogP contribution in [0.5, 0.6) is 5.75 Å². The maximum absolute atomic E-state index is 14.8. The molecule has 6 nitrogen and oxygen atoms in total. The fraction of sp³-hybridized carbons (Fsp3) is 0.348. The highest BCUT2D eigenvalue weighted by Gasteiger charge is 2.42. The van der Waals surface area contributed by atoms with Crippen LogP contribution in [0.4, 0.5) is 8.78 Å². The zero-order valence-electron chi connectivity index (χ0n) is 17.3. The van der Waals surface area contributed by atoms with Crippen LogP contribution in [0.2, 0.25) is 5.02 Å². The van der Waals surface area contributed by atoms with Gasteiger partial charge in [-0.3, -0.25) is 9.47 Å². The van der Waals surface area contributed by atoms with E-state index in [-0.39, 0.29) is 22.5 Å². The first-order valence-corrected chi connectivity index (χ1v) is 10.8. The van der Waals surface area contributed by atoms with Gasteiger partial charge in [-0.2, -0.15) is 0 Å². The van der Waals surface area contributed by atoms with Gasteiger partial charge in [-0.15, -0.1) is 0 Å². The van der Waals surface area contributed by atoms with E-state index in [2.05, 4.69) is 0 Å². The lowest BCUT2D eigenvalue weighted by Crippen LogP contribution is -2.39. The number of benzene rings is 2. The quantitative estimate of drug-likeness (QED) is 0.648. The number of rotatable bonds is 4. The molecule has 2 aliphatic rings. The van der Waals surface area contributed by atoms with Gasteiger partial charge >= 0.3 is 5.69 Å². The topological polar surface area (TPSA) is 59.6 Å². The molecule has 0 spiro atoms. The number of hydrogen-bond donors (Lipinski definition) is 1. The van der Waals surface area contributed by atoms with Crippen LogP contribution in [-0.4, -0.2) is 44.4 Å². The number of aliphatic hydroxyl groups is 1. The zero-order valence-corrected chi connectivity index (χ0v) is 18.1. The number of aliphatic hydroxyl groups excluding tert-OH is 1. The van der Waals surface area contributed by atoms with Crippen molar-refractivity contribution in [1.82, 2.24) is 14.0 Å². The van der Waals surface area contributed by atoms with E-state index in [4.69, 9.17) is 16.3 Å². The van der Waals surface area contributed by atoms with E-state index >= 15 is 0 Å². The first-order valence-electron chi connectivity index (χ1n) is 10.4. The van der Waals surface area contributed by atoms with Gasteiger partial charge in [0.25, 0.3) is 0 Å². The smallest absolute Gasteiger partial charge is 0.332 e. The minimum atomic E-state index is -0.680. The number of nitrogens with zero attached hydrogens (tertiary/aromatic N) is 3. The molecule has 1 saturated heterocycles. The largest absolute Gasteiger partial charge is 0.481 e. The Morgan fingerprint density at radius 2 is 1.97 bits per heavy atom. The van der Waals surface area contributed by atoms with Gasteiger partial charge in [0.15, 0.2) is 11.6 Å². The van der Waals surface area contributed by atoms with Crippen molar-refractivity contribution in [3.63, 3.8) is 0 Å². The molecule has 0 amide bonds. The van der Waals surface area contributed by atoms with Crippen LogP contribution in [0.3, 0.4) is 0 Å². The number of halogens is 3. The van der Waals surface area contributed by atoms with Gasteiger partial charge in [-0.1, -0.05) is 11.6 Å². The molecule has 5 rings (SSSR count). The minimum Gasteiger partial charge on any atom is -0.481 e. The lowest BCUT2D eigenvalue weighted by atomic mass is 10.1. The van der Waals surface area contributed by atoms with E-state index < -0.39 is 23.8 Å². The van der Waals surface area contributed by atoms with Crippen LogP contribution < -0.4 is 10.4 Å². The Kier molecular flexibility index (Phi) is 5.31. The van der Waals surface area contributed by atoms with Crippen LogP contribution in [0.25, 0.3) is 5.69 Å². The number of fused-ring (bicyclic) bond motifs is 1. The predicted octanol–water partition coefficient (Wildman–Crippen LogP) is 3.22. The number of aryl methyl sites for hydroxylation is 1. The molecule has 2 heterocycles. The maximum atomic E-state index is 14.8. The van der Waals surface area contributed by atoms with Crippen molar-refractivity contribution >= 4 is 11.6 Å². The first kappa shape index (κ1) is 21.2. The number of hydrogen-bond acceptors (Lipinski definition) is 4. The Morgan fingerprint density at radius 3 is 2.66 bits per heavy atom. The molecule has 9 heteroatoms. The van der Waals surface area contributed by atoms with Gasteiger partial charge in [-0.05, 0) is 42.7 Å². The molecule has 2 aromatic carbocycles. The Balaban J connectivity index is 1.54. The Bertz CT molecular complexity index is 1240.